The quantitative estimate of drug-likeness (QED) is 0.247. The molecule has 3 aromatic carbocycles. The van der Waals surface area contributed by atoms with Crippen LogP contribution in [0.15, 0.2) is 54.6 Å². The number of nitriles is 1. The lowest BCUT2D eigenvalue weighted by atomic mass is 9.49. The third-order valence-corrected chi connectivity index (χ3v) is 13.8. The summed E-state index contributed by atoms with van der Waals surface area (Å²) in [6.07, 6.45) is 2.46. The van der Waals surface area contributed by atoms with E-state index in [9.17, 15) is 24.4 Å². The third kappa shape index (κ3) is 6.40. The molecule has 0 bridgehead atoms. The summed E-state index contributed by atoms with van der Waals surface area (Å²) in [7, 11) is 0. The maximum Gasteiger partial charge on any atom is 0.255 e. The number of rotatable bonds is 6. The first kappa shape index (κ1) is 38.2. The van der Waals surface area contributed by atoms with Crippen LogP contribution in [0.4, 0.5) is 5.69 Å². The van der Waals surface area contributed by atoms with E-state index < -0.39 is 6.04 Å². The van der Waals surface area contributed by atoms with Crippen molar-refractivity contribution in [2.24, 2.45) is 16.7 Å². The lowest BCUT2D eigenvalue weighted by molar-refractivity contribution is -0.199. The lowest BCUT2D eigenvalue weighted by Gasteiger charge is -2.65. The van der Waals surface area contributed by atoms with Gasteiger partial charge in [0.05, 0.1) is 10.6 Å². The molecule has 0 radical (unpaired) electrons. The minimum atomic E-state index is -0.606. The van der Waals surface area contributed by atoms with Crippen molar-refractivity contribution in [2.75, 3.05) is 31.1 Å². The zero-order valence-corrected chi connectivity index (χ0v) is 34.1. The Balaban J connectivity index is 0.771. The minimum Gasteiger partial charge on any atom is -0.489 e. The average molecular weight is 799 g/mol. The number of hydrogen-bond donors (Lipinski definition) is 1. The molecule has 4 amide bonds. The highest BCUT2D eigenvalue weighted by Crippen LogP contribution is 2.59. The van der Waals surface area contributed by atoms with Gasteiger partial charge in [-0.05, 0) is 85.9 Å². The van der Waals surface area contributed by atoms with Crippen LogP contribution in [-0.4, -0.2) is 88.7 Å². The average Bonchev–Trinajstić information content (AvgIpc) is 3.66. The summed E-state index contributed by atoms with van der Waals surface area (Å²) in [4.78, 5) is 59.7. The number of carbonyl (C=O) groups excluding carboxylic acids is 4. The molecule has 1 atom stereocenters. The van der Waals surface area contributed by atoms with Crippen LogP contribution >= 0.6 is 11.6 Å². The van der Waals surface area contributed by atoms with Gasteiger partial charge in [-0.3, -0.25) is 29.4 Å². The van der Waals surface area contributed by atoms with Crippen LogP contribution in [0.5, 0.6) is 5.75 Å². The standard InChI is InChI=1S/C46H47ClN6O5/c1-45(2)43(46(3,4)44(45)58-34-11-9-29(22-48)37(47)21-34)53-24-31-19-28(7-12-35(31)41(53)56)6-5-27-15-17-50(18-16-27)33-25-51(26-33)32-10-8-30-23-52(42(57)36(30)20-32)38-13-14-39(54)49-40(38)55/h7-12,19-21,27,33,38,43-44H,13-18,23-26H2,1-4H3,(H,49,54,55). The molecule has 5 aliphatic heterocycles. The third-order valence-electron chi connectivity index (χ3n) is 13.5. The zero-order chi connectivity index (χ0) is 40.7. The van der Waals surface area contributed by atoms with Crippen molar-refractivity contribution in [3.05, 3.63) is 93.0 Å². The number of nitrogens with zero attached hydrogens (tertiary/aromatic N) is 5. The molecule has 1 N–H and O–H groups in total. The number of carbonyl (C=O) groups is 4. The first-order valence-electron chi connectivity index (χ1n) is 20.3. The van der Waals surface area contributed by atoms with Gasteiger partial charge in [0.25, 0.3) is 11.8 Å². The fourth-order valence-electron chi connectivity index (χ4n) is 10.9. The molecule has 6 aliphatic rings. The molecule has 1 saturated carbocycles. The largest absolute Gasteiger partial charge is 0.489 e. The van der Waals surface area contributed by atoms with Crippen molar-refractivity contribution in [1.82, 2.24) is 20.0 Å². The van der Waals surface area contributed by atoms with Gasteiger partial charge in [-0.2, -0.15) is 5.26 Å². The number of likely N-dealkylation sites (tertiary alicyclic amines) is 1. The minimum absolute atomic E-state index is 0.0448. The fourth-order valence-corrected chi connectivity index (χ4v) is 11.1. The SMILES string of the molecule is CC1(C)C(Oc2ccc(C#N)c(Cl)c2)C(C)(C)C1N1Cc2cc(C#CC3CCN(C4CN(c5ccc6c(c5)C(=O)N(C5CCC(=O)NC5=O)C6)C4)CC3)ccc2C1=O. The van der Waals surface area contributed by atoms with Crippen LogP contribution in [0.25, 0.3) is 0 Å². The number of benzene rings is 3. The molecular weight excluding hydrogens is 752 g/mol. The number of nitrogens with one attached hydrogen (secondary N) is 1. The molecule has 9 rings (SSSR count). The second kappa shape index (κ2) is 14.2. The predicted octanol–water partition coefficient (Wildman–Crippen LogP) is 5.76. The molecule has 12 heteroatoms. The summed E-state index contributed by atoms with van der Waals surface area (Å²) in [5.41, 5.74) is 5.02. The van der Waals surface area contributed by atoms with Crippen molar-refractivity contribution in [3.8, 4) is 23.7 Å². The molecule has 5 heterocycles. The van der Waals surface area contributed by atoms with Crippen molar-refractivity contribution < 1.29 is 23.9 Å². The Bertz CT molecular complexity index is 2340. The van der Waals surface area contributed by atoms with Gasteiger partial charge in [0, 0.05) is 89.9 Å². The van der Waals surface area contributed by atoms with Gasteiger partial charge < -0.3 is 19.4 Å². The van der Waals surface area contributed by atoms with Gasteiger partial charge in [-0.15, -0.1) is 0 Å². The number of halogens is 1. The van der Waals surface area contributed by atoms with Crippen LogP contribution in [0.3, 0.4) is 0 Å². The van der Waals surface area contributed by atoms with Crippen molar-refractivity contribution >= 4 is 40.9 Å². The first-order chi connectivity index (χ1) is 27.7. The van der Waals surface area contributed by atoms with E-state index in [2.05, 4.69) is 72.9 Å². The zero-order valence-electron chi connectivity index (χ0n) is 33.3. The monoisotopic (exact) mass is 798 g/mol. The van der Waals surface area contributed by atoms with E-state index in [4.69, 9.17) is 16.3 Å². The Morgan fingerprint density at radius 3 is 2.26 bits per heavy atom. The topological polar surface area (TPSA) is 126 Å². The van der Waals surface area contributed by atoms with Crippen LogP contribution in [0, 0.1) is 39.9 Å². The first-order valence-corrected chi connectivity index (χ1v) is 20.7. The lowest BCUT2D eigenvalue weighted by Crippen LogP contribution is -2.74. The highest BCUT2D eigenvalue weighted by molar-refractivity contribution is 6.31. The van der Waals surface area contributed by atoms with Crippen molar-refractivity contribution in [3.63, 3.8) is 0 Å². The Morgan fingerprint density at radius 1 is 0.828 bits per heavy atom. The summed E-state index contributed by atoms with van der Waals surface area (Å²) < 4.78 is 6.48. The molecule has 0 spiro atoms. The highest BCUT2D eigenvalue weighted by Gasteiger charge is 2.67. The Kier molecular flexibility index (Phi) is 9.33. The van der Waals surface area contributed by atoms with E-state index in [1.165, 1.54) is 0 Å². The molecule has 3 saturated heterocycles. The van der Waals surface area contributed by atoms with E-state index in [0.29, 0.717) is 53.4 Å². The summed E-state index contributed by atoms with van der Waals surface area (Å²) in [5, 5.41) is 12.0. The van der Waals surface area contributed by atoms with Gasteiger partial charge in [0.1, 0.15) is 24.0 Å². The molecule has 4 fully saturated rings. The molecule has 58 heavy (non-hydrogen) atoms. The van der Waals surface area contributed by atoms with E-state index >= 15 is 0 Å². The summed E-state index contributed by atoms with van der Waals surface area (Å²) >= 11 is 6.30. The molecule has 1 aliphatic carbocycles. The number of amides is 4. The summed E-state index contributed by atoms with van der Waals surface area (Å²) in [6, 6.07) is 19.1. The Labute approximate surface area is 344 Å². The van der Waals surface area contributed by atoms with Crippen LogP contribution in [0.2, 0.25) is 5.02 Å². The summed E-state index contributed by atoms with van der Waals surface area (Å²) in [6.45, 7) is 13.3. The molecule has 298 valence electrons. The van der Waals surface area contributed by atoms with E-state index in [0.717, 1.165) is 67.0 Å². The fraction of sp³-hybridized carbons (Fsp3) is 0.457. The Hall–Kier alpha value is -5.36. The molecule has 11 nitrogen and oxygen atoms in total. The van der Waals surface area contributed by atoms with Gasteiger partial charge in [0.15, 0.2) is 0 Å². The van der Waals surface area contributed by atoms with Gasteiger partial charge >= 0.3 is 0 Å². The van der Waals surface area contributed by atoms with E-state index in [1.807, 2.05) is 29.2 Å². The Morgan fingerprint density at radius 2 is 1.55 bits per heavy atom. The van der Waals surface area contributed by atoms with E-state index in [-0.39, 0.29) is 53.0 Å². The van der Waals surface area contributed by atoms with Crippen LogP contribution < -0.4 is 15.0 Å². The van der Waals surface area contributed by atoms with Crippen LogP contribution in [-0.2, 0) is 22.7 Å². The number of fused-ring (bicyclic) bond motifs is 2. The maximum absolute atomic E-state index is 13.8. The normalized spacial score (nSPS) is 25.2. The number of hydrogen-bond acceptors (Lipinski definition) is 8. The predicted molar refractivity (Wildman–Crippen MR) is 218 cm³/mol. The van der Waals surface area contributed by atoms with Crippen LogP contribution in [0.1, 0.15) is 96.3 Å². The molecule has 1 unspecified atom stereocenters. The molecular formula is C46H47ClN6O5. The number of ether oxygens (including phenoxy) is 1. The molecule has 3 aromatic rings. The van der Waals surface area contributed by atoms with Crippen molar-refractivity contribution in [2.45, 2.75) is 90.7 Å². The van der Waals surface area contributed by atoms with E-state index in [1.54, 1.807) is 23.1 Å². The molecule has 0 aromatic heterocycles. The highest BCUT2D eigenvalue weighted by atomic mass is 35.5. The number of anilines is 1. The summed E-state index contributed by atoms with van der Waals surface area (Å²) in [5.74, 6) is 7.14. The van der Waals surface area contributed by atoms with Crippen molar-refractivity contribution in [1.29, 1.82) is 5.26 Å². The number of piperidine rings is 2. The second-order valence-electron chi connectivity index (χ2n) is 18.0. The maximum atomic E-state index is 13.8. The smallest absolute Gasteiger partial charge is 0.255 e. The van der Waals surface area contributed by atoms with Gasteiger partial charge in [-0.1, -0.05) is 57.2 Å². The number of imide groups is 1. The second-order valence-corrected chi connectivity index (χ2v) is 18.4. The van der Waals surface area contributed by atoms with Gasteiger partial charge in [-0.25, -0.2) is 0 Å². The van der Waals surface area contributed by atoms with Gasteiger partial charge in [0.2, 0.25) is 11.8 Å².